The lowest BCUT2D eigenvalue weighted by Crippen LogP contribution is -2.52. The van der Waals surface area contributed by atoms with Crippen molar-refractivity contribution in [2.24, 2.45) is 11.8 Å². The molecule has 1 aromatic heterocycles. The van der Waals surface area contributed by atoms with Gasteiger partial charge in [0.05, 0.1) is 24.3 Å². The zero-order valence-electron chi connectivity index (χ0n) is 12.0. The van der Waals surface area contributed by atoms with Crippen LogP contribution >= 0.6 is 0 Å². The average Bonchev–Trinajstić information content (AvgIpc) is 3.21. The predicted molar refractivity (Wildman–Crippen MR) is 74.5 cm³/mol. The standard InChI is InChI=1S/C14H20N4O3/c1-8(9-2-3-9)5-15-14(21)18-6-11-10(16-7-17-11)4-12(18)13(19)20/h7-9,12H,2-6H2,1H3,(H,15,21)(H,16,17)(H,19,20). The lowest BCUT2D eigenvalue weighted by molar-refractivity contribution is -0.142. The van der Waals surface area contributed by atoms with Crippen molar-refractivity contribution in [1.29, 1.82) is 0 Å². The summed E-state index contributed by atoms with van der Waals surface area (Å²) in [6.45, 7) is 2.98. The molecule has 2 atom stereocenters. The Morgan fingerprint density at radius 1 is 1.57 bits per heavy atom. The molecule has 1 aliphatic heterocycles. The molecule has 3 N–H and O–H groups in total. The van der Waals surface area contributed by atoms with Gasteiger partial charge in [0.1, 0.15) is 6.04 Å². The van der Waals surface area contributed by atoms with E-state index in [2.05, 4.69) is 22.2 Å². The summed E-state index contributed by atoms with van der Waals surface area (Å²) in [4.78, 5) is 32.2. The van der Waals surface area contributed by atoms with E-state index in [0.717, 1.165) is 11.4 Å². The third kappa shape index (κ3) is 2.86. The van der Waals surface area contributed by atoms with Crippen LogP contribution in [-0.2, 0) is 17.8 Å². The summed E-state index contributed by atoms with van der Waals surface area (Å²) in [5.74, 6) is 0.167. The molecule has 0 saturated heterocycles. The molecule has 2 heterocycles. The number of fused-ring (bicyclic) bond motifs is 1. The van der Waals surface area contributed by atoms with Gasteiger partial charge in [0.2, 0.25) is 0 Å². The minimum Gasteiger partial charge on any atom is -0.480 e. The molecule has 0 spiro atoms. The molecule has 1 aromatic rings. The Labute approximate surface area is 122 Å². The van der Waals surface area contributed by atoms with Crippen LogP contribution in [0, 0.1) is 11.8 Å². The Kier molecular flexibility index (Phi) is 3.57. The van der Waals surface area contributed by atoms with Crippen LogP contribution in [0.3, 0.4) is 0 Å². The zero-order valence-corrected chi connectivity index (χ0v) is 12.0. The number of urea groups is 1. The van der Waals surface area contributed by atoms with Gasteiger partial charge in [0, 0.05) is 13.0 Å². The van der Waals surface area contributed by atoms with Crippen molar-refractivity contribution in [3.05, 3.63) is 17.7 Å². The maximum atomic E-state index is 12.3. The molecule has 0 aromatic carbocycles. The number of hydrogen-bond acceptors (Lipinski definition) is 3. The Morgan fingerprint density at radius 3 is 3.00 bits per heavy atom. The second-order valence-electron chi connectivity index (χ2n) is 6.01. The summed E-state index contributed by atoms with van der Waals surface area (Å²) < 4.78 is 0. The first kappa shape index (κ1) is 13.9. The van der Waals surface area contributed by atoms with E-state index in [1.54, 1.807) is 6.33 Å². The first-order chi connectivity index (χ1) is 10.1. The number of amides is 2. The molecule has 3 rings (SSSR count). The van der Waals surface area contributed by atoms with E-state index in [1.807, 2.05) is 0 Å². The van der Waals surface area contributed by atoms with Gasteiger partial charge in [0.15, 0.2) is 0 Å². The number of carboxylic acids is 1. The summed E-state index contributed by atoms with van der Waals surface area (Å²) in [5.41, 5.74) is 1.55. The fourth-order valence-corrected chi connectivity index (χ4v) is 2.85. The first-order valence-corrected chi connectivity index (χ1v) is 7.34. The quantitative estimate of drug-likeness (QED) is 0.770. The molecule has 1 aliphatic carbocycles. The van der Waals surface area contributed by atoms with Crippen LogP contribution < -0.4 is 5.32 Å². The van der Waals surface area contributed by atoms with Crippen LogP contribution in [0.4, 0.5) is 4.79 Å². The highest BCUT2D eigenvalue weighted by Crippen LogP contribution is 2.36. The van der Waals surface area contributed by atoms with Crippen molar-refractivity contribution in [3.63, 3.8) is 0 Å². The summed E-state index contributed by atoms with van der Waals surface area (Å²) >= 11 is 0. The fourth-order valence-electron chi connectivity index (χ4n) is 2.85. The number of H-pyrrole nitrogens is 1. The van der Waals surface area contributed by atoms with Gasteiger partial charge in [-0.05, 0) is 24.7 Å². The zero-order chi connectivity index (χ0) is 15.0. The predicted octanol–water partition coefficient (Wildman–Crippen LogP) is 0.977. The van der Waals surface area contributed by atoms with Crippen LogP contribution in [-0.4, -0.2) is 44.6 Å². The van der Waals surface area contributed by atoms with Crippen LogP contribution in [0.5, 0.6) is 0 Å². The average molecular weight is 292 g/mol. The molecule has 21 heavy (non-hydrogen) atoms. The highest BCUT2D eigenvalue weighted by molar-refractivity contribution is 5.83. The van der Waals surface area contributed by atoms with Gasteiger partial charge in [-0.15, -0.1) is 0 Å². The number of aromatic nitrogens is 2. The molecular formula is C14H20N4O3. The molecule has 7 heteroatoms. The minimum atomic E-state index is -0.992. The monoisotopic (exact) mass is 292 g/mol. The van der Waals surface area contributed by atoms with Crippen molar-refractivity contribution >= 4 is 12.0 Å². The number of aliphatic carboxylic acids is 1. The Morgan fingerprint density at radius 2 is 2.33 bits per heavy atom. The van der Waals surface area contributed by atoms with Gasteiger partial charge >= 0.3 is 12.0 Å². The van der Waals surface area contributed by atoms with E-state index in [0.29, 0.717) is 18.4 Å². The summed E-state index contributed by atoms with van der Waals surface area (Å²) in [7, 11) is 0. The van der Waals surface area contributed by atoms with E-state index in [9.17, 15) is 14.7 Å². The molecule has 2 unspecified atom stereocenters. The number of carbonyl (C=O) groups excluding carboxylic acids is 1. The summed E-state index contributed by atoms with van der Waals surface area (Å²) in [5, 5.41) is 12.2. The third-order valence-electron chi connectivity index (χ3n) is 4.45. The number of hydrogen-bond donors (Lipinski definition) is 3. The number of nitrogens with zero attached hydrogens (tertiary/aromatic N) is 2. The molecular weight excluding hydrogens is 272 g/mol. The smallest absolute Gasteiger partial charge is 0.326 e. The van der Waals surface area contributed by atoms with Crippen molar-refractivity contribution in [2.75, 3.05) is 6.54 Å². The summed E-state index contributed by atoms with van der Waals surface area (Å²) in [6, 6.07) is -1.16. The van der Waals surface area contributed by atoms with E-state index in [1.165, 1.54) is 17.7 Å². The van der Waals surface area contributed by atoms with Gasteiger partial charge < -0.3 is 20.3 Å². The van der Waals surface area contributed by atoms with Crippen LogP contribution in [0.25, 0.3) is 0 Å². The van der Waals surface area contributed by atoms with E-state index >= 15 is 0 Å². The fraction of sp³-hybridized carbons (Fsp3) is 0.643. The van der Waals surface area contributed by atoms with E-state index in [4.69, 9.17) is 0 Å². The molecule has 1 saturated carbocycles. The largest absolute Gasteiger partial charge is 0.480 e. The lowest BCUT2D eigenvalue weighted by atomic mass is 10.0. The number of rotatable bonds is 4. The van der Waals surface area contributed by atoms with Gasteiger partial charge in [0.25, 0.3) is 0 Å². The lowest BCUT2D eigenvalue weighted by Gasteiger charge is -2.32. The van der Waals surface area contributed by atoms with Crippen molar-refractivity contribution in [2.45, 2.75) is 38.8 Å². The molecule has 0 radical (unpaired) electrons. The van der Waals surface area contributed by atoms with Crippen LogP contribution in [0.15, 0.2) is 6.33 Å². The summed E-state index contributed by atoms with van der Waals surface area (Å²) in [6.07, 6.45) is 4.26. The van der Waals surface area contributed by atoms with Gasteiger partial charge in [-0.1, -0.05) is 6.92 Å². The first-order valence-electron chi connectivity index (χ1n) is 7.34. The van der Waals surface area contributed by atoms with Gasteiger partial charge in [-0.2, -0.15) is 0 Å². The Balaban J connectivity index is 1.66. The molecule has 1 fully saturated rings. The van der Waals surface area contributed by atoms with Crippen molar-refractivity contribution in [1.82, 2.24) is 20.2 Å². The number of nitrogens with one attached hydrogen (secondary N) is 2. The Hall–Kier alpha value is -2.05. The van der Waals surface area contributed by atoms with Crippen molar-refractivity contribution < 1.29 is 14.7 Å². The van der Waals surface area contributed by atoms with Crippen LogP contribution in [0.2, 0.25) is 0 Å². The van der Waals surface area contributed by atoms with Gasteiger partial charge in [-0.3, -0.25) is 0 Å². The van der Waals surface area contributed by atoms with Crippen LogP contribution in [0.1, 0.15) is 31.2 Å². The third-order valence-corrected chi connectivity index (χ3v) is 4.45. The number of carboxylic acid groups (broad SMARTS) is 1. The minimum absolute atomic E-state index is 0.250. The molecule has 0 bridgehead atoms. The molecule has 2 amide bonds. The maximum absolute atomic E-state index is 12.3. The molecule has 114 valence electrons. The molecule has 7 nitrogen and oxygen atoms in total. The number of imidazole rings is 1. The maximum Gasteiger partial charge on any atom is 0.326 e. The highest BCUT2D eigenvalue weighted by Gasteiger charge is 2.36. The van der Waals surface area contributed by atoms with E-state index < -0.39 is 12.0 Å². The molecule has 2 aliphatic rings. The highest BCUT2D eigenvalue weighted by atomic mass is 16.4. The second kappa shape index (κ2) is 5.38. The Bertz CT molecular complexity index is 552. The topological polar surface area (TPSA) is 98.3 Å². The second-order valence-corrected chi connectivity index (χ2v) is 6.01. The van der Waals surface area contributed by atoms with Crippen molar-refractivity contribution in [3.8, 4) is 0 Å². The number of aromatic amines is 1. The number of carbonyl (C=O) groups is 2. The SMILES string of the molecule is CC(CNC(=O)N1Cc2[nH]cnc2CC1C(=O)O)C1CC1. The van der Waals surface area contributed by atoms with Gasteiger partial charge in [-0.25, -0.2) is 14.6 Å². The van der Waals surface area contributed by atoms with E-state index in [-0.39, 0.29) is 19.0 Å². The normalized spacial score (nSPS) is 22.5.